The van der Waals surface area contributed by atoms with Gasteiger partial charge in [0.15, 0.2) is 0 Å². The molecule has 2 atom stereocenters. The molecule has 0 spiro atoms. The summed E-state index contributed by atoms with van der Waals surface area (Å²) in [6, 6.07) is 1.16. The van der Waals surface area contributed by atoms with Gasteiger partial charge in [0.25, 0.3) is 0 Å². The molecule has 1 aromatic heterocycles. The van der Waals surface area contributed by atoms with Crippen LogP contribution in [0, 0.1) is 17.7 Å². The lowest BCUT2D eigenvalue weighted by molar-refractivity contribution is 0.0515. The number of rotatable bonds is 6. The zero-order chi connectivity index (χ0) is 25.7. The molecule has 1 aromatic carbocycles. The molecule has 2 aliphatic rings. The first-order valence-electron chi connectivity index (χ1n) is 11.9. The van der Waals surface area contributed by atoms with Crippen molar-refractivity contribution in [2.75, 3.05) is 24.5 Å². The molecule has 4 rings (SSSR count). The number of hydrogen-bond acceptors (Lipinski definition) is 5. The van der Waals surface area contributed by atoms with Crippen LogP contribution in [0.1, 0.15) is 63.4 Å². The molecular formula is C25H31ClFN3O5. The van der Waals surface area contributed by atoms with Gasteiger partial charge in [-0.25, -0.2) is 14.0 Å². The molecule has 1 aliphatic heterocycles. The number of ether oxygens (including phenoxy) is 1. The molecule has 1 amide bonds. The molecule has 1 aliphatic carbocycles. The highest BCUT2D eigenvalue weighted by atomic mass is 35.5. The van der Waals surface area contributed by atoms with E-state index >= 15 is 4.39 Å². The third-order valence-corrected chi connectivity index (χ3v) is 7.03. The fourth-order valence-electron chi connectivity index (χ4n) is 4.69. The summed E-state index contributed by atoms with van der Waals surface area (Å²) in [5.74, 6) is -1.68. The van der Waals surface area contributed by atoms with Gasteiger partial charge in [-0.3, -0.25) is 4.79 Å². The highest BCUT2D eigenvalue weighted by Crippen LogP contribution is 2.43. The van der Waals surface area contributed by atoms with E-state index in [0.29, 0.717) is 25.2 Å². The van der Waals surface area contributed by atoms with Crippen molar-refractivity contribution in [3.05, 3.63) is 38.9 Å². The maximum Gasteiger partial charge on any atom is 0.407 e. The number of fused-ring (bicyclic) bond motifs is 1. The second kappa shape index (κ2) is 9.33. The number of aromatic carboxylic acids is 1. The third kappa shape index (κ3) is 5.24. The number of nitrogens with zero attached hydrogens (tertiary/aromatic N) is 2. The molecule has 190 valence electrons. The number of amides is 1. The van der Waals surface area contributed by atoms with Gasteiger partial charge in [-0.1, -0.05) is 18.5 Å². The standard InChI is InChI=1S/C25H31ClFN3O5/c1-13(10-28-24(34)35-25(2,3)4)14-7-8-29(11-14)21-18(27)9-16-20(19(21)26)30(15-5-6-15)12-17(22(16)31)23(32)33/h9,12-15H,5-8,10-11H2,1-4H3,(H,28,34)(H,32,33). The van der Waals surface area contributed by atoms with Crippen LogP contribution in [-0.2, 0) is 4.74 Å². The lowest BCUT2D eigenvalue weighted by atomic mass is 9.93. The first-order valence-corrected chi connectivity index (χ1v) is 12.3. The van der Waals surface area contributed by atoms with E-state index in [-0.39, 0.29) is 39.5 Å². The van der Waals surface area contributed by atoms with Crippen molar-refractivity contribution >= 4 is 40.3 Å². The van der Waals surface area contributed by atoms with Crippen molar-refractivity contribution in [2.45, 2.75) is 58.6 Å². The van der Waals surface area contributed by atoms with Crippen molar-refractivity contribution < 1.29 is 23.8 Å². The first-order chi connectivity index (χ1) is 16.4. The van der Waals surface area contributed by atoms with Crippen LogP contribution < -0.4 is 15.6 Å². The topological polar surface area (TPSA) is 101 Å². The minimum Gasteiger partial charge on any atom is -0.477 e. The number of nitrogens with one attached hydrogen (secondary N) is 1. The SMILES string of the molecule is CC(CNC(=O)OC(C)(C)C)C1CCN(c2c(F)cc3c(=O)c(C(=O)O)cn(C4CC4)c3c2Cl)C1. The van der Waals surface area contributed by atoms with E-state index < -0.39 is 28.9 Å². The Bertz CT molecular complexity index is 1230. The summed E-state index contributed by atoms with van der Waals surface area (Å²) < 4.78 is 22.3. The molecule has 35 heavy (non-hydrogen) atoms. The van der Waals surface area contributed by atoms with Gasteiger partial charge >= 0.3 is 12.1 Å². The van der Waals surface area contributed by atoms with E-state index in [0.717, 1.165) is 25.3 Å². The van der Waals surface area contributed by atoms with Gasteiger partial charge in [0.05, 0.1) is 21.6 Å². The number of benzene rings is 1. The first kappa shape index (κ1) is 25.3. The second-order valence-corrected chi connectivity index (χ2v) is 11.0. The summed E-state index contributed by atoms with van der Waals surface area (Å²) in [6.07, 6.45) is 3.33. The monoisotopic (exact) mass is 507 g/mol. The number of carbonyl (C=O) groups excluding carboxylic acids is 1. The average molecular weight is 508 g/mol. The fourth-order valence-corrected chi connectivity index (χ4v) is 5.10. The molecule has 2 N–H and O–H groups in total. The van der Waals surface area contributed by atoms with Gasteiger partial charge in [0, 0.05) is 31.9 Å². The van der Waals surface area contributed by atoms with Crippen molar-refractivity contribution in [3.8, 4) is 0 Å². The summed E-state index contributed by atoms with van der Waals surface area (Å²) in [5.41, 5.74) is -1.10. The highest BCUT2D eigenvalue weighted by Gasteiger charge is 2.33. The van der Waals surface area contributed by atoms with Crippen molar-refractivity contribution in [1.82, 2.24) is 9.88 Å². The number of aromatic nitrogens is 1. The maximum absolute atomic E-state index is 15.3. The molecule has 2 fully saturated rings. The number of carboxylic acid groups (broad SMARTS) is 1. The highest BCUT2D eigenvalue weighted by molar-refractivity contribution is 6.38. The minimum absolute atomic E-state index is 0.0197. The number of halogens is 2. The number of carboxylic acids is 1. The van der Waals surface area contributed by atoms with Gasteiger partial charge < -0.3 is 24.6 Å². The Morgan fingerprint density at radius 1 is 1.31 bits per heavy atom. The van der Waals surface area contributed by atoms with E-state index in [2.05, 4.69) is 5.32 Å². The lowest BCUT2D eigenvalue weighted by Crippen LogP contribution is -2.36. The van der Waals surface area contributed by atoms with Crippen molar-refractivity contribution in [2.24, 2.45) is 11.8 Å². The predicted octanol–water partition coefficient (Wildman–Crippen LogP) is 4.81. The minimum atomic E-state index is -1.34. The Labute approximate surface area is 208 Å². The Morgan fingerprint density at radius 2 is 2.00 bits per heavy atom. The molecule has 8 nitrogen and oxygen atoms in total. The summed E-state index contributed by atoms with van der Waals surface area (Å²) in [6.45, 7) is 8.99. The molecule has 2 unspecified atom stereocenters. The van der Waals surface area contributed by atoms with Crippen molar-refractivity contribution in [1.29, 1.82) is 0 Å². The average Bonchev–Trinajstić information content (AvgIpc) is 3.48. The van der Waals surface area contributed by atoms with E-state index in [1.165, 1.54) is 6.20 Å². The van der Waals surface area contributed by atoms with Gasteiger partial charge in [-0.15, -0.1) is 0 Å². The zero-order valence-electron chi connectivity index (χ0n) is 20.4. The zero-order valence-corrected chi connectivity index (χ0v) is 21.1. The normalized spacial score (nSPS) is 19.1. The fraction of sp³-hybridized carbons (Fsp3) is 0.560. The number of carbonyl (C=O) groups is 2. The largest absolute Gasteiger partial charge is 0.477 e. The second-order valence-electron chi connectivity index (χ2n) is 10.6. The van der Waals surface area contributed by atoms with E-state index in [1.54, 1.807) is 25.3 Å². The molecule has 10 heteroatoms. The van der Waals surface area contributed by atoms with Gasteiger partial charge in [-0.2, -0.15) is 0 Å². The molecule has 1 saturated heterocycles. The summed E-state index contributed by atoms with van der Waals surface area (Å²) >= 11 is 6.74. The number of pyridine rings is 1. The lowest BCUT2D eigenvalue weighted by Gasteiger charge is -2.25. The molecule has 0 bridgehead atoms. The molecule has 2 aromatic rings. The van der Waals surface area contributed by atoms with Crippen LogP contribution in [0.2, 0.25) is 5.02 Å². The maximum atomic E-state index is 15.3. The molecular weight excluding hydrogens is 477 g/mol. The Morgan fingerprint density at radius 3 is 2.60 bits per heavy atom. The predicted molar refractivity (Wildman–Crippen MR) is 132 cm³/mol. The van der Waals surface area contributed by atoms with E-state index in [9.17, 15) is 19.5 Å². The summed E-state index contributed by atoms with van der Waals surface area (Å²) in [7, 11) is 0. The molecule has 0 radical (unpaired) electrons. The van der Waals surface area contributed by atoms with Crippen LogP contribution >= 0.6 is 11.6 Å². The number of hydrogen-bond donors (Lipinski definition) is 2. The van der Waals surface area contributed by atoms with Crippen molar-refractivity contribution in [3.63, 3.8) is 0 Å². The van der Waals surface area contributed by atoms with Gasteiger partial charge in [0.1, 0.15) is 17.0 Å². The third-order valence-electron chi connectivity index (χ3n) is 6.67. The van der Waals surface area contributed by atoms with Crippen LogP contribution in [0.4, 0.5) is 14.9 Å². The van der Waals surface area contributed by atoms with Crippen LogP contribution in [0.25, 0.3) is 10.9 Å². The van der Waals surface area contributed by atoms with E-state index in [1.807, 2.05) is 11.8 Å². The van der Waals surface area contributed by atoms with Crippen LogP contribution in [0.3, 0.4) is 0 Å². The molecule has 1 saturated carbocycles. The quantitative estimate of drug-likeness (QED) is 0.581. The Balaban J connectivity index is 1.58. The van der Waals surface area contributed by atoms with Gasteiger partial charge in [0.2, 0.25) is 5.43 Å². The van der Waals surface area contributed by atoms with Crippen LogP contribution in [0.5, 0.6) is 0 Å². The number of anilines is 1. The summed E-state index contributed by atoms with van der Waals surface area (Å²) in [4.78, 5) is 38.2. The summed E-state index contributed by atoms with van der Waals surface area (Å²) in [5, 5.41) is 12.4. The van der Waals surface area contributed by atoms with E-state index in [4.69, 9.17) is 16.3 Å². The van der Waals surface area contributed by atoms with Gasteiger partial charge in [-0.05, 0) is 57.9 Å². The molecule has 2 heterocycles. The Kier molecular flexibility index (Phi) is 6.74. The number of alkyl carbamates (subject to hydrolysis) is 1. The Hall–Kier alpha value is -2.81. The van der Waals surface area contributed by atoms with Crippen LogP contribution in [-0.4, -0.2) is 47.0 Å². The smallest absolute Gasteiger partial charge is 0.407 e. The van der Waals surface area contributed by atoms with Crippen LogP contribution in [0.15, 0.2) is 17.1 Å².